The van der Waals surface area contributed by atoms with Crippen molar-refractivity contribution in [2.24, 2.45) is 0 Å². The van der Waals surface area contributed by atoms with Gasteiger partial charge in [-0.1, -0.05) is 12.1 Å². The Morgan fingerprint density at radius 1 is 1.50 bits per heavy atom. The molecule has 0 saturated heterocycles. The van der Waals surface area contributed by atoms with E-state index in [1.54, 1.807) is 13.8 Å². The van der Waals surface area contributed by atoms with Crippen LogP contribution in [0.1, 0.15) is 25.6 Å². The van der Waals surface area contributed by atoms with Crippen molar-refractivity contribution in [1.29, 1.82) is 0 Å². The van der Waals surface area contributed by atoms with Crippen LogP contribution in [0.15, 0.2) is 4.52 Å². The highest BCUT2D eigenvalue weighted by Crippen LogP contribution is 1.98. The predicted octanol–water partition coefficient (Wildman–Crippen LogP) is 0.291. The van der Waals surface area contributed by atoms with Gasteiger partial charge in [0.05, 0.1) is 12.3 Å². The molecule has 1 rings (SSSR count). The van der Waals surface area contributed by atoms with Crippen LogP contribution in [0.25, 0.3) is 0 Å². The Hall–Kier alpha value is -0.950. The quantitative estimate of drug-likeness (QED) is 0.777. The van der Waals surface area contributed by atoms with Crippen LogP contribution in [0.5, 0.6) is 0 Å². The Bertz CT molecular complexity index is 427. The Kier molecular flexibility index (Phi) is 4.43. The fraction of sp³-hybridized carbons (Fsp3) is 0.778. The number of nitrogens with zero attached hydrogens (tertiary/aromatic N) is 2. The Labute approximate surface area is 95.3 Å². The van der Waals surface area contributed by atoms with Gasteiger partial charge in [0.1, 0.15) is 0 Å². The van der Waals surface area contributed by atoms with Crippen molar-refractivity contribution in [2.45, 2.75) is 33.4 Å². The van der Waals surface area contributed by atoms with Crippen LogP contribution in [0.2, 0.25) is 0 Å². The summed E-state index contributed by atoms with van der Waals surface area (Å²) in [5.41, 5.74) is 0. The van der Waals surface area contributed by atoms with Gasteiger partial charge in [0, 0.05) is 11.8 Å². The molecule has 0 saturated carbocycles. The summed E-state index contributed by atoms with van der Waals surface area (Å²) in [7, 11) is -2.95. The summed E-state index contributed by atoms with van der Waals surface area (Å²) < 4.78 is 27.6. The van der Waals surface area contributed by atoms with E-state index < -0.39 is 9.84 Å². The molecule has 0 aliphatic rings. The van der Waals surface area contributed by atoms with Crippen molar-refractivity contribution >= 4 is 9.84 Å². The van der Waals surface area contributed by atoms with Gasteiger partial charge in [-0.05, 0) is 13.8 Å². The van der Waals surface area contributed by atoms with Crippen LogP contribution in [0.4, 0.5) is 0 Å². The Morgan fingerprint density at radius 3 is 2.69 bits per heavy atom. The first-order valence-electron chi connectivity index (χ1n) is 5.16. The van der Waals surface area contributed by atoms with Gasteiger partial charge < -0.3 is 9.84 Å². The summed E-state index contributed by atoms with van der Waals surface area (Å²) in [5.74, 6) is 1.33. The maximum Gasteiger partial charge on any atom is 0.240 e. The van der Waals surface area contributed by atoms with Gasteiger partial charge in [0.2, 0.25) is 5.89 Å². The summed E-state index contributed by atoms with van der Waals surface area (Å²) in [5, 5.41) is 6.67. The lowest BCUT2D eigenvalue weighted by Crippen LogP contribution is -2.33. The van der Waals surface area contributed by atoms with Crippen LogP contribution in [-0.4, -0.2) is 36.1 Å². The average Bonchev–Trinajstić information content (AvgIpc) is 2.61. The molecule has 1 N–H and O–H groups in total. The van der Waals surface area contributed by atoms with E-state index in [1.165, 1.54) is 0 Å². The van der Waals surface area contributed by atoms with Gasteiger partial charge in [-0.3, -0.25) is 0 Å². The largest absolute Gasteiger partial charge is 0.338 e. The van der Waals surface area contributed by atoms with Gasteiger partial charge in [-0.2, -0.15) is 4.98 Å². The highest BCUT2D eigenvalue weighted by molar-refractivity contribution is 7.91. The van der Waals surface area contributed by atoms with E-state index in [9.17, 15) is 8.42 Å². The summed E-state index contributed by atoms with van der Waals surface area (Å²) in [6, 6.07) is -0.128. The monoisotopic (exact) mass is 247 g/mol. The molecule has 1 unspecified atom stereocenters. The summed E-state index contributed by atoms with van der Waals surface area (Å²) >= 11 is 0. The topological polar surface area (TPSA) is 85.1 Å². The lowest BCUT2D eigenvalue weighted by Gasteiger charge is -2.11. The molecule has 0 amide bonds. The number of nitrogens with one attached hydrogen (secondary N) is 1. The third-order valence-electron chi connectivity index (χ3n) is 2.12. The zero-order chi connectivity index (χ0) is 12.2. The standard InChI is InChI=1S/C9H17N3O3S/c1-4-16(13,14)6-7(2)10-5-9-11-8(3)12-15-9/h7,10H,4-6H2,1-3H3. The molecule has 0 spiro atoms. The van der Waals surface area contributed by atoms with Crippen LogP contribution >= 0.6 is 0 Å². The summed E-state index contributed by atoms with van der Waals surface area (Å²) in [6.45, 7) is 5.58. The number of aromatic nitrogens is 2. The molecular weight excluding hydrogens is 230 g/mol. The second kappa shape index (κ2) is 5.40. The smallest absolute Gasteiger partial charge is 0.240 e. The van der Waals surface area contributed by atoms with Crippen LogP contribution < -0.4 is 5.32 Å². The molecule has 0 radical (unpaired) electrons. The highest BCUT2D eigenvalue weighted by atomic mass is 32.2. The van der Waals surface area contributed by atoms with Crippen molar-refractivity contribution in [3.05, 3.63) is 11.7 Å². The minimum absolute atomic E-state index is 0.122. The van der Waals surface area contributed by atoms with Gasteiger partial charge >= 0.3 is 0 Å². The zero-order valence-electron chi connectivity index (χ0n) is 9.73. The van der Waals surface area contributed by atoms with E-state index in [2.05, 4.69) is 15.5 Å². The third kappa shape index (κ3) is 4.28. The van der Waals surface area contributed by atoms with Crippen LogP contribution in [-0.2, 0) is 16.4 Å². The van der Waals surface area contributed by atoms with E-state index in [1.807, 2.05) is 6.92 Å². The molecule has 0 aromatic carbocycles. The predicted molar refractivity (Wildman–Crippen MR) is 59.7 cm³/mol. The van der Waals surface area contributed by atoms with E-state index in [-0.39, 0.29) is 17.5 Å². The molecule has 1 atom stereocenters. The van der Waals surface area contributed by atoms with E-state index >= 15 is 0 Å². The zero-order valence-corrected chi connectivity index (χ0v) is 10.5. The van der Waals surface area contributed by atoms with Gasteiger partial charge in [-0.15, -0.1) is 0 Å². The lowest BCUT2D eigenvalue weighted by molar-refractivity contribution is 0.359. The van der Waals surface area contributed by atoms with Gasteiger partial charge in [0.15, 0.2) is 15.7 Å². The van der Waals surface area contributed by atoms with Crippen molar-refractivity contribution in [3.63, 3.8) is 0 Å². The lowest BCUT2D eigenvalue weighted by atomic mass is 10.4. The highest BCUT2D eigenvalue weighted by Gasteiger charge is 2.14. The minimum Gasteiger partial charge on any atom is -0.338 e. The van der Waals surface area contributed by atoms with Crippen molar-refractivity contribution in [1.82, 2.24) is 15.5 Å². The van der Waals surface area contributed by atoms with E-state index in [0.717, 1.165) is 0 Å². The molecule has 92 valence electrons. The Balaban J connectivity index is 2.39. The minimum atomic E-state index is -2.95. The van der Waals surface area contributed by atoms with Crippen molar-refractivity contribution in [2.75, 3.05) is 11.5 Å². The number of rotatable bonds is 6. The molecule has 7 heteroatoms. The SMILES string of the molecule is CCS(=O)(=O)CC(C)NCc1nc(C)no1. The van der Waals surface area contributed by atoms with Crippen LogP contribution in [0.3, 0.4) is 0 Å². The number of aryl methyl sites for hydroxylation is 1. The molecule has 6 nitrogen and oxygen atoms in total. The second-order valence-electron chi connectivity index (χ2n) is 3.72. The average molecular weight is 247 g/mol. The first-order chi connectivity index (χ1) is 7.43. The molecule has 0 aliphatic heterocycles. The normalized spacial score (nSPS) is 13.9. The second-order valence-corrected chi connectivity index (χ2v) is 6.11. The third-order valence-corrected chi connectivity index (χ3v) is 4.00. The van der Waals surface area contributed by atoms with Crippen molar-refractivity contribution in [3.8, 4) is 0 Å². The fourth-order valence-electron chi connectivity index (χ4n) is 1.23. The number of hydrogen-bond donors (Lipinski definition) is 1. The maximum absolute atomic E-state index is 11.3. The molecule has 1 aromatic heterocycles. The maximum atomic E-state index is 11.3. The Morgan fingerprint density at radius 2 is 2.19 bits per heavy atom. The van der Waals surface area contributed by atoms with E-state index in [4.69, 9.17) is 4.52 Å². The molecule has 1 aromatic rings. The van der Waals surface area contributed by atoms with Crippen LogP contribution in [0, 0.1) is 6.92 Å². The molecule has 0 fully saturated rings. The number of sulfone groups is 1. The van der Waals surface area contributed by atoms with Crippen molar-refractivity contribution < 1.29 is 12.9 Å². The molecule has 1 heterocycles. The molecular formula is C9H17N3O3S. The molecule has 0 aliphatic carbocycles. The van der Waals surface area contributed by atoms with E-state index in [0.29, 0.717) is 18.3 Å². The molecule has 0 bridgehead atoms. The fourth-order valence-corrected chi connectivity index (χ4v) is 2.35. The van der Waals surface area contributed by atoms with Gasteiger partial charge in [-0.25, -0.2) is 8.42 Å². The summed E-state index contributed by atoms with van der Waals surface area (Å²) in [6.07, 6.45) is 0. The summed E-state index contributed by atoms with van der Waals surface area (Å²) in [4.78, 5) is 4.01. The first kappa shape index (κ1) is 13.1. The first-order valence-corrected chi connectivity index (χ1v) is 6.98. The molecule has 16 heavy (non-hydrogen) atoms. The van der Waals surface area contributed by atoms with Gasteiger partial charge in [0.25, 0.3) is 0 Å². The number of hydrogen-bond acceptors (Lipinski definition) is 6.